The molecule has 7 rings (SSSR count). The number of amides is 1. The first-order valence-electron chi connectivity index (χ1n) is 20.6. The zero-order chi connectivity index (χ0) is 41.4. The van der Waals surface area contributed by atoms with Crippen LogP contribution in [0.5, 0.6) is 0 Å². The van der Waals surface area contributed by atoms with Crippen molar-refractivity contribution in [3.8, 4) is 0 Å². The van der Waals surface area contributed by atoms with E-state index in [0.717, 1.165) is 25.1 Å². The predicted octanol–water partition coefficient (Wildman–Crippen LogP) is 5.75. The molecule has 0 bridgehead atoms. The zero-order valence-corrected chi connectivity index (χ0v) is 35.1. The smallest absolute Gasteiger partial charge is 0.440 e. The lowest BCUT2D eigenvalue weighted by Gasteiger charge is -2.36. The van der Waals surface area contributed by atoms with Crippen molar-refractivity contribution in [3.63, 3.8) is 0 Å². The highest BCUT2D eigenvalue weighted by atomic mass is 32.2. The van der Waals surface area contributed by atoms with Gasteiger partial charge in [0.1, 0.15) is 6.10 Å². The summed E-state index contributed by atoms with van der Waals surface area (Å²) in [5.41, 5.74) is 3.45. The number of benzene rings is 4. The number of carbonyl (C=O) groups is 1. The molecule has 3 saturated heterocycles. The standard InChI is InChI=1S/C45H57BN4O8S/c1-45(2,23-24-49(28-35-16-9-5-10-17-35)29-36-18-11-6-12-19-36)32-50(59(53,54)38-21-13-20-37(27-38)48(3)46-33-57-46)30-41(51)40(26-34-14-7-4-8-15-34)47-44(52)58-42-31-56-43-39(42)22-25-55-43/h4-21,27,39-43,51H,22-26,28-33H2,1-3H3,(H,47,52)/t39?,40-,41?,42?,43?/m0/s1. The molecule has 12 nitrogen and oxygen atoms in total. The van der Waals surface area contributed by atoms with Crippen molar-refractivity contribution in [1.82, 2.24) is 14.5 Å². The molecule has 5 atom stereocenters. The predicted molar refractivity (Wildman–Crippen MR) is 228 cm³/mol. The fraction of sp³-hybridized carbons (Fsp3) is 0.444. The fourth-order valence-electron chi connectivity index (χ4n) is 7.97. The van der Waals surface area contributed by atoms with E-state index in [9.17, 15) is 18.3 Å². The third kappa shape index (κ3) is 11.7. The summed E-state index contributed by atoms with van der Waals surface area (Å²) in [6.45, 7) is 7.52. The first-order valence-corrected chi connectivity index (χ1v) is 22.0. The quantitative estimate of drug-likeness (QED) is 0.0839. The van der Waals surface area contributed by atoms with E-state index in [0.29, 0.717) is 31.8 Å². The van der Waals surface area contributed by atoms with Crippen molar-refractivity contribution in [1.29, 1.82) is 0 Å². The van der Waals surface area contributed by atoms with Gasteiger partial charge < -0.3 is 34.1 Å². The summed E-state index contributed by atoms with van der Waals surface area (Å²) in [6.07, 6.45) is -1.22. The number of alkyl carbamates (subject to hydrolysis) is 1. The third-order valence-corrected chi connectivity index (χ3v) is 13.3. The number of ether oxygens (including phenoxy) is 3. The number of anilines is 1. The van der Waals surface area contributed by atoms with Crippen LogP contribution in [0.25, 0.3) is 0 Å². The van der Waals surface area contributed by atoms with Gasteiger partial charge in [0.2, 0.25) is 10.0 Å². The van der Waals surface area contributed by atoms with E-state index in [2.05, 4.69) is 48.3 Å². The Morgan fingerprint density at radius 1 is 0.915 bits per heavy atom. The van der Waals surface area contributed by atoms with Crippen LogP contribution >= 0.6 is 0 Å². The number of hydrogen-bond acceptors (Lipinski definition) is 10. The minimum atomic E-state index is -4.17. The van der Waals surface area contributed by atoms with Crippen LogP contribution in [0.4, 0.5) is 10.5 Å². The third-order valence-electron chi connectivity index (χ3n) is 11.5. The number of fused-ring (bicyclic) bond motifs is 1. The van der Waals surface area contributed by atoms with Gasteiger partial charge in [-0.3, -0.25) is 4.90 Å². The second-order valence-electron chi connectivity index (χ2n) is 16.8. The highest BCUT2D eigenvalue weighted by molar-refractivity contribution is 7.89. The molecule has 4 aromatic rings. The van der Waals surface area contributed by atoms with Crippen LogP contribution in [0.2, 0.25) is 0 Å². The Balaban J connectivity index is 1.13. The summed E-state index contributed by atoms with van der Waals surface area (Å²) in [5, 5.41) is 15.0. The lowest BCUT2D eigenvalue weighted by molar-refractivity contribution is -0.0907. The van der Waals surface area contributed by atoms with Gasteiger partial charge in [0.15, 0.2) is 6.29 Å². The second-order valence-corrected chi connectivity index (χ2v) is 18.7. The number of rotatable bonds is 20. The Hall–Kier alpha value is -4.28. The monoisotopic (exact) mass is 824 g/mol. The summed E-state index contributed by atoms with van der Waals surface area (Å²) in [4.78, 5) is 17.9. The molecule has 3 aliphatic heterocycles. The van der Waals surface area contributed by atoms with E-state index in [-0.39, 0.29) is 50.3 Å². The van der Waals surface area contributed by atoms with Crippen LogP contribution in [0.1, 0.15) is 43.4 Å². The van der Waals surface area contributed by atoms with E-state index >= 15 is 0 Å². The average molecular weight is 825 g/mol. The highest BCUT2D eigenvalue weighted by Crippen LogP contribution is 2.33. The maximum Gasteiger partial charge on any atom is 0.440 e. The molecule has 14 heteroatoms. The number of carbonyl (C=O) groups excluding carboxylic acids is 1. The number of aliphatic hydroxyl groups excluding tert-OH is 1. The van der Waals surface area contributed by atoms with Gasteiger partial charge in [-0.1, -0.05) is 111 Å². The molecular weight excluding hydrogens is 767 g/mol. The largest absolute Gasteiger partial charge is 0.443 e. The summed E-state index contributed by atoms with van der Waals surface area (Å²) in [5.74, 6) is -0.0568. The van der Waals surface area contributed by atoms with Crippen LogP contribution in [0.3, 0.4) is 0 Å². The molecule has 0 spiro atoms. The molecule has 3 heterocycles. The van der Waals surface area contributed by atoms with Crippen molar-refractivity contribution in [2.75, 3.05) is 51.2 Å². The number of nitrogens with zero attached hydrogens (tertiary/aromatic N) is 3. The number of sulfonamides is 1. The van der Waals surface area contributed by atoms with Gasteiger partial charge in [-0.15, -0.1) is 0 Å². The molecule has 0 aliphatic carbocycles. The Kier molecular flexibility index (Phi) is 14.1. The van der Waals surface area contributed by atoms with Gasteiger partial charge in [-0.05, 0) is 73.2 Å². The summed E-state index contributed by atoms with van der Waals surface area (Å²) in [6, 6.07) is 36.2. The molecule has 3 fully saturated rings. The number of hydrogen-bond donors (Lipinski definition) is 2. The van der Waals surface area contributed by atoms with Crippen molar-refractivity contribution >= 4 is 28.9 Å². The van der Waals surface area contributed by atoms with Crippen LogP contribution < -0.4 is 10.1 Å². The second kappa shape index (κ2) is 19.4. The lowest BCUT2D eigenvalue weighted by Crippen LogP contribution is -2.52. The number of aliphatic hydroxyl groups is 1. The minimum absolute atomic E-state index is 0.0568. The SMILES string of the molecule is CN(B1CO1)c1cccc(S(=O)(=O)N(CC(O)[C@H](Cc2ccccc2)NC(=O)OC2COC3OCCC23)CC(C)(C)CCN(Cc2ccccc2)Cc2ccccc2)c1. The maximum atomic E-state index is 14.9. The summed E-state index contributed by atoms with van der Waals surface area (Å²) in [7, 11) is -2.40. The molecule has 1 amide bonds. The Morgan fingerprint density at radius 3 is 2.17 bits per heavy atom. The van der Waals surface area contributed by atoms with Gasteiger partial charge in [0.05, 0.1) is 42.7 Å². The first-order chi connectivity index (χ1) is 28.4. The number of nitrogens with one attached hydrogen (secondary N) is 1. The van der Waals surface area contributed by atoms with Crippen molar-refractivity contribution in [3.05, 3.63) is 132 Å². The van der Waals surface area contributed by atoms with Gasteiger partial charge in [-0.2, -0.15) is 4.31 Å². The van der Waals surface area contributed by atoms with E-state index < -0.39 is 39.8 Å². The molecule has 0 aromatic heterocycles. The van der Waals surface area contributed by atoms with Crippen LogP contribution in [0.15, 0.2) is 120 Å². The Morgan fingerprint density at radius 2 is 1.54 bits per heavy atom. The molecule has 2 N–H and O–H groups in total. The molecule has 314 valence electrons. The average Bonchev–Trinajstić information content (AvgIpc) is 3.87. The van der Waals surface area contributed by atoms with Crippen LogP contribution in [-0.2, 0) is 48.4 Å². The van der Waals surface area contributed by atoms with E-state index in [1.165, 1.54) is 15.4 Å². The highest BCUT2D eigenvalue weighted by Gasteiger charge is 2.44. The summed E-state index contributed by atoms with van der Waals surface area (Å²) >= 11 is 0. The van der Waals surface area contributed by atoms with Gasteiger partial charge in [-0.25, -0.2) is 13.2 Å². The summed E-state index contributed by atoms with van der Waals surface area (Å²) < 4.78 is 53.8. The molecule has 0 radical (unpaired) electrons. The topological polar surface area (TPSA) is 133 Å². The molecule has 0 saturated carbocycles. The maximum absolute atomic E-state index is 14.9. The van der Waals surface area contributed by atoms with E-state index in [1.807, 2.05) is 84.7 Å². The van der Waals surface area contributed by atoms with Crippen LogP contribution in [-0.4, -0.2) is 107 Å². The van der Waals surface area contributed by atoms with Crippen molar-refractivity contribution < 1.29 is 37.2 Å². The molecule has 4 aromatic carbocycles. The molecule has 59 heavy (non-hydrogen) atoms. The Labute approximate surface area is 349 Å². The first kappa shape index (κ1) is 42.8. The van der Waals surface area contributed by atoms with Gasteiger partial charge in [0.25, 0.3) is 0 Å². The van der Waals surface area contributed by atoms with Crippen molar-refractivity contribution in [2.24, 2.45) is 11.3 Å². The normalized spacial score (nSPS) is 20.0. The fourth-order valence-corrected chi connectivity index (χ4v) is 9.65. The van der Waals surface area contributed by atoms with E-state index in [1.54, 1.807) is 18.2 Å². The zero-order valence-electron chi connectivity index (χ0n) is 34.3. The van der Waals surface area contributed by atoms with Gasteiger partial charge >= 0.3 is 13.1 Å². The Bertz CT molecular complexity index is 2020. The van der Waals surface area contributed by atoms with Gasteiger partial charge in [0, 0.05) is 31.9 Å². The van der Waals surface area contributed by atoms with E-state index in [4.69, 9.17) is 18.9 Å². The molecule has 4 unspecified atom stereocenters. The lowest BCUT2D eigenvalue weighted by atomic mass is 9.88. The minimum Gasteiger partial charge on any atom is -0.443 e. The molecular formula is C45H57BN4O8S. The van der Waals surface area contributed by atoms with Crippen LogP contribution in [0, 0.1) is 11.3 Å². The van der Waals surface area contributed by atoms with Crippen molar-refractivity contribution in [2.45, 2.75) is 75.6 Å². The molecule has 3 aliphatic rings.